The van der Waals surface area contributed by atoms with E-state index in [0.717, 1.165) is 12.8 Å². The maximum Gasteiger partial charge on any atom is 0.348 e. The van der Waals surface area contributed by atoms with E-state index in [1.807, 2.05) is 0 Å². The summed E-state index contributed by atoms with van der Waals surface area (Å²) < 4.78 is 10.7. The van der Waals surface area contributed by atoms with Crippen LogP contribution in [0.25, 0.3) is 11.0 Å². The Kier molecular flexibility index (Phi) is 4.22. The van der Waals surface area contributed by atoms with E-state index in [-0.39, 0.29) is 5.56 Å². The lowest BCUT2D eigenvalue weighted by Gasteiger charge is -2.07. The first kappa shape index (κ1) is 13.6. The predicted octanol–water partition coefficient (Wildman–Crippen LogP) is 3.35. The zero-order valence-corrected chi connectivity index (χ0v) is 11.2. The molecule has 1 heterocycles. The van der Waals surface area contributed by atoms with Gasteiger partial charge in [-0.1, -0.05) is 25.5 Å². The maximum absolute atomic E-state index is 11.6. The average molecular weight is 281 g/mol. The number of hydrogen-bond acceptors (Lipinski definition) is 4. The van der Waals surface area contributed by atoms with Crippen molar-refractivity contribution in [1.82, 2.24) is 0 Å². The molecule has 0 aliphatic heterocycles. The number of carbonyl (C=O) groups excluding carboxylic acids is 1. The first-order valence-electron chi connectivity index (χ1n) is 6.03. The van der Waals surface area contributed by atoms with Gasteiger partial charge in [-0.25, -0.2) is 4.79 Å². The van der Waals surface area contributed by atoms with E-state index in [4.69, 9.17) is 20.8 Å². The van der Waals surface area contributed by atoms with Crippen LogP contribution in [0.15, 0.2) is 33.5 Å². The summed E-state index contributed by atoms with van der Waals surface area (Å²) in [5.74, 6) is 0.497. The standard InChI is InChI=1S/C14H13ClO4/c1-2-3-7-18-11-6-4-5-9-8-10(13(15)16)14(17)19-12(9)11/h4-6,8H,2-3,7H2,1H3. The molecule has 0 amide bonds. The number of ether oxygens (including phenoxy) is 1. The molecule has 0 radical (unpaired) electrons. The van der Waals surface area contributed by atoms with Crippen molar-refractivity contribution in [3.05, 3.63) is 40.2 Å². The van der Waals surface area contributed by atoms with Gasteiger partial charge in [-0.2, -0.15) is 0 Å². The van der Waals surface area contributed by atoms with Gasteiger partial charge in [0.15, 0.2) is 11.3 Å². The minimum atomic E-state index is -0.826. The molecule has 0 spiro atoms. The van der Waals surface area contributed by atoms with Gasteiger partial charge in [-0.05, 0) is 30.2 Å². The Hall–Kier alpha value is -1.81. The third-order valence-electron chi connectivity index (χ3n) is 2.69. The van der Waals surface area contributed by atoms with Crippen LogP contribution in [0.2, 0.25) is 0 Å². The van der Waals surface area contributed by atoms with Crippen LogP contribution >= 0.6 is 11.6 Å². The maximum atomic E-state index is 11.6. The highest BCUT2D eigenvalue weighted by Crippen LogP contribution is 2.25. The summed E-state index contributed by atoms with van der Waals surface area (Å²) in [5.41, 5.74) is -0.579. The molecule has 1 aromatic heterocycles. The van der Waals surface area contributed by atoms with Crippen molar-refractivity contribution in [2.75, 3.05) is 6.61 Å². The monoisotopic (exact) mass is 280 g/mol. The van der Waals surface area contributed by atoms with E-state index in [0.29, 0.717) is 23.3 Å². The summed E-state index contributed by atoms with van der Waals surface area (Å²) >= 11 is 5.32. The van der Waals surface area contributed by atoms with Gasteiger partial charge >= 0.3 is 5.63 Å². The molecule has 2 aromatic rings. The molecule has 0 bridgehead atoms. The van der Waals surface area contributed by atoms with Crippen LogP contribution < -0.4 is 10.4 Å². The second-order valence-electron chi connectivity index (χ2n) is 4.10. The van der Waals surface area contributed by atoms with Gasteiger partial charge in [0, 0.05) is 5.39 Å². The number of rotatable bonds is 5. The second-order valence-corrected chi connectivity index (χ2v) is 4.44. The number of hydrogen-bond donors (Lipinski definition) is 0. The summed E-state index contributed by atoms with van der Waals surface area (Å²) in [6.07, 6.45) is 1.93. The molecule has 19 heavy (non-hydrogen) atoms. The number of para-hydroxylation sites is 1. The molecule has 4 nitrogen and oxygen atoms in total. The molecular formula is C14H13ClO4. The minimum absolute atomic E-state index is 0.167. The summed E-state index contributed by atoms with van der Waals surface area (Å²) in [6, 6.07) is 6.65. The number of fused-ring (bicyclic) bond motifs is 1. The Balaban J connectivity index is 2.48. The minimum Gasteiger partial charge on any atom is -0.490 e. The molecule has 0 saturated heterocycles. The van der Waals surface area contributed by atoms with Crippen molar-refractivity contribution < 1.29 is 13.9 Å². The van der Waals surface area contributed by atoms with Gasteiger partial charge in [0.05, 0.1) is 6.61 Å². The van der Waals surface area contributed by atoms with Crippen LogP contribution in [-0.2, 0) is 0 Å². The van der Waals surface area contributed by atoms with Gasteiger partial charge in [0.25, 0.3) is 5.24 Å². The van der Waals surface area contributed by atoms with E-state index in [1.165, 1.54) is 6.07 Å². The number of halogens is 1. The van der Waals surface area contributed by atoms with E-state index in [2.05, 4.69) is 6.92 Å². The highest BCUT2D eigenvalue weighted by molar-refractivity contribution is 6.67. The van der Waals surface area contributed by atoms with Crippen molar-refractivity contribution >= 4 is 27.8 Å². The van der Waals surface area contributed by atoms with Crippen molar-refractivity contribution in [2.45, 2.75) is 19.8 Å². The topological polar surface area (TPSA) is 56.5 Å². The van der Waals surface area contributed by atoms with Gasteiger partial charge in [0.1, 0.15) is 5.56 Å². The van der Waals surface area contributed by atoms with E-state index in [9.17, 15) is 9.59 Å². The molecule has 0 fully saturated rings. The average Bonchev–Trinajstić information content (AvgIpc) is 2.38. The summed E-state index contributed by atoms with van der Waals surface area (Å²) in [7, 11) is 0. The van der Waals surface area contributed by atoms with Gasteiger partial charge in [0.2, 0.25) is 0 Å². The lowest BCUT2D eigenvalue weighted by Crippen LogP contribution is -2.10. The molecule has 1 aromatic carbocycles. The molecule has 5 heteroatoms. The first-order valence-corrected chi connectivity index (χ1v) is 6.40. The highest BCUT2D eigenvalue weighted by atomic mass is 35.5. The Morgan fingerprint density at radius 3 is 2.89 bits per heavy atom. The Morgan fingerprint density at radius 1 is 1.42 bits per heavy atom. The predicted molar refractivity (Wildman–Crippen MR) is 73.1 cm³/mol. The van der Waals surface area contributed by atoms with Crippen LogP contribution in [0.4, 0.5) is 0 Å². The lowest BCUT2D eigenvalue weighted by atomic mass is 10.2. The smallest absolute Gasteiger partial charge is 0.348 e. The third-order valence-corrected chi connectivity index (χ3v) is 2.89. The molecule has 0 N–H and O–H groups in total. The largest absolute Gasteiger partial charge is 0.490 e. The van der Waals surface area contributed by atoms with E-state index >= 15 is 0 Å². The molecule has 0 atom stereocenters. The van der Waals surface area contributed by atoms with Crippen LogP contribution in [0, 0.1) is 0 Å². The van der Waals surface area contributed by atoms with Gasteiger partial charge in [-0.3, -0.25) is 4.79 Å². The zero-order valence-electron chi connectivity index (χ0n) is 10.4. The normalized spacial score (nSPS) is 10.6. The number of benzene rings is 1. The molecule has 0 aliphatic carbocycles. The summed E-state index contributed by atoms with van der Waals surface area (Å²) in [6.45, 7) is 2.61. The van der Waals surface area contributed by atoms with Crippen molar-refractivity contribution in [1.29, 1.82) is 0 Å². The molecular weight excluding hydrogens is 268 g/mol. The van der Waals surface area contributed by atoms with Crippen molar-refractivity contribution in [2.24, 2.45) is 0 Å². The molecule has 0 aliphatic rings. The molecule has 100 valence electrons. The molecule has 0 saturated carbocycles. The Labute approximate surface area is 114 Å². The van der Waals surface area contributed by atoms with Crippen molar-refractivity contribution in [3.63, 3.8) is 0 Å². The lowest BCUT2D eigenvalue weighted by molar-refractivity contribution is 0.107. The van der Waals surface area contributed by atoms with E-state index < -0.39 is 10.9 Å². The number of carbonyl (C=O) groups is 1. The van der Waals surface area contributed by atoms with Gasteiger partial charge < -0.3 is 9.15 Å². The van der Waals surface area contributed by atoms with Gasteiger partial charge in [-0.15, -0.1) is 0 Å². The van der Waals surface area contributed by atoms with Crippen LogP contribution in [0.3, 0.4) is 0 Å². The Morgan fingerprint density at radius 2 is 2.21 bits per heavy atom. The summed E-state index contributed by atoms with van der Waals surface area (Å²) in [5, 5.41) is -0.217. The quantitative estimate of drug-likeness (QED) is 0.479. The van der Waals surface area contributed by atoms with E-state index in [1.54, 1.807) is 18.2 Å². The first-order chi connectivity index (χ1) is 9.13. The third kappa shape index (κ3) is 2.96. The Bertz CT molecular complexity index is 660. The van der Waals surface area contributed by atoms with Crippen LogP contribution in [0.1, 0.15) is 30.1 Å². The zero-order chi connectivity index (χ0) is 13.8. The van der Waals surface area contributed by atoms with Crippen LogP contribution in [0.5, 0.6) is 5.75 Å². The number of unbranched alkanes of at least 4 members (excludes halogenated alkanes) is 1. The SMILES string of the molecule is CCCCOc1cccc2cc(C(=O)Cl)c(=O)oc12. The van der Waals surface area contributed by atoms with Crippen LogP contribution in [-0.4, -0.2) is 11.8 Å². The fourth-order valence-electron chi connectivity index (χ4n) is 1.69. The molecule has 2 rings (SSSR count). The fraction of sp³-hybridized carbons (Fsp3) is 0.286. The highest BCUT2D eigenvalue weighted by Gasteiger charge is 2.13. The van der Waals surface area contributed by atoms with Crippen molar-refractivity contribution in [3.8, 4) is 5.75 Å². The fourth-order valence-corrected chi connectivity index (χ4v) is 1.83. The summed E-state index contributed by atoms with van der Waals surface area (Å²) in [4.78, 5) is 22.7. The molecule has 0 unspecified atom stereocenters. The second kappa shape index (κ2) is 5.89.